The van der Waals surface area contributed by atoms with Gasteiger partial charge in [-0.3, -0.25) is 9.59 Å². The summed E-state index contributed by atoms with van der Waals surface area (Å²) in [5.74, 6) is -2.84. The average Bonchev–Trinajstić information content (AvgIpc) is 3.37. The maximum absolute atomic E-state index is 13.9. The largest absolute Gasteiger partial charge is 0.381 e. The van der Waals surface area contributed by atoms with Crippen molar-refractivity contribution >= 4 is 55.5 Å². The number of fused-ring (bicyclic) bond motifs is 1. The smallest absolute Gasteiger partial charge is 0.333 e. The second kappa shape index (κ2) is 10.7. The van der Waals surface area contributed by atoms with Gasteiger partial charge in [-0.2, -0.15) is 0 Å². The number of anilines is 1. The third-order valence-electron chi connectivity index (χ3n) is 5.84. The lowest BCUT2D eigenvalue weighted by Crippen LogP contribution is -2.33. The fourth-order valence-corrected chi connectivity index (χ4v) is 6.34. The van der Waals surface area contributed by atoms with E-state index in [1.807, 2.05) is 4.72 Å². The second-order valence-corrected chi connectivity index (χ2v) is 12.1. The van der Waals surface area contributed by atoms with E-state index in [1.165, 1.54) is 60.7 Å². The van der Waals surface area contributed by atoms with Crippen LogP contribution in [0.2, 0.25) is 4.34 Å². The van der Waals surface area contributed by atoms with Crippen molar-refractivity contribution in [2.75, 3.05) is 5.32 Å². The van der Waals surface area contributed by atoms with Crippen LogP contribution in [-0.4, -0.2) is 23.9 Å². The Morgan fingerprint density at radius 3 is 2.45 bits per heavy atom. The molecule has 0 unspecified atom stereocenters. The van der Waals surface area contributed by atoms with Gasteiger partial charge in [0.25, 0.3) is 21.5 Å². The van der Waals surface area contributed by atoms with Gasteiger partial charge in [0.05, 0.1) is 20.9 Å². The van der Waals surface area contributed by atoms with Crippen LogP contribution in [0.25, 0.3) is 16.6 Å². The molecule has 40 heavy (non-hydrogen) atoms. The van der Waals surface area contributed by atoms with Crippen LogP contribution < -0.4 is 21.3 Å². The Morgan fingerprint density at radius 1 is 1.00 bits per heavy atom. The average molecular weight is 603 g/mol. The molecule has 0 spiro atoms. The number of aromatic amines is 1. The van der Waals surface area contributed by atoms with Gasteiger partial charge in [0.15, 0.2) is 11.6 Å². The first-order valence-corrected chi connectivity index (χ1v) is 14.1. The number of hydrogen-bond donors (Lipinski definition) is 3. The number of rotatable bonds is 7. The number of nitrogens with one attached hydrogen (secondary N) is 3. The minimum atomic E-state index is -4.13. The third-order valence-corrected chi connectivity index (χ3v) is 8.89. The molecule has 5 aromatic rings. The van der Waals surface area contributed by atoms with Crippen LogP contribution in [0.1, 0.15) is 15.9 Å². The Hall–Kier alpha value is -4.33. The van der Waals surface area contributed by atoms with Crippen LogP contribution in [0, 0.1) is 11.6 Å². The highest BCUT2D eigenvalue weighted by Crippen LogP contribution is 2.25. The van der Waals surface area contributed by atoms with E-state index in [0.717, 1.165) is 22.0 Å². The van der Waals surface area contributed by atoms with E-state index in [1.54, 1.807) is 6.07 Å². The van der Waals surface area contributed by atoms with E-state index in [9.17, 15) is 31.6 Å². The molecule has 2 heterocycles. The summed E-state index contributed by atoms with van der Waals surface area (Å²) in [7, 11) is -4.13. The zero-order valence-electron chi connectivity index (χ0n) is 20.1. The number of benzene rings is 3. The van der Waals surface area contributed by atoms with Crippen molar-refractivity contribution in [1.82, 2.24) is 14.3 Å². The van der Waals surface area contributed by atoms with Gasteiger partial charge in [-0.15, -0.1) is 11.3 Å². The van der Waals surface area contributed by atoms with Gasteiger partial charge in [0.2, 0.25) is 0 Å². The molecule has 0 fully saturated rings. The van der Waals surface area contributed by atoms with Gasteiger partial charge >= 0.3 is 5.69 Å². The lowest BCUT2D eigenvalue weighted by Gasteiger charge is -2.11. The molecular formula is C26H17ClF2N4O5S2. The highest BCUT2D eigenvalue weighted by Gasteiger charge is 2.21. The van der Waals surface area contributed by atoms with Gasteiger partial charge in [-0.1, -0.05) is 23.7 Å². The summed E-state index contributed by atoms with van der Waals surface area (Å²) in [6.07, 6.45) is 0. The molecule has 0 aliphatic rings. The highest BCUT2D eigenvalue weighted by atomic mass is 35.5. The molecule has 2 aromatic heterocycles. The number of hydrogen-bond acceptors (Lipinski definition) is 7. The normalized spacial score (nSPS) is 11.5. The Morgan fingerprint density at radius 2 is 1.75 bits per heavy atom. The van der Waals surface area contributed by atoms with Crippen molar-refractivity contribution < 1.29 is 22.0 Å². The van der Waals surface area contributed by atoms with Crippen LogP contribution in [0.3, 0.4) is 0 Å². The number of aromatic nitrogens is 2. The first kappa shape index (κ1) is 27.2. The Bertz CT molecular complexity index is 2000. The standard InChI is InChI=1S/C26H17ClF2N4O5S2/c27-21-10-11-22(39-21)40(37,38)32-24(34)14-4-7-17(8-5-14)33-25(35)18-9-6-16(12-20(18)31-26(33)36)30-13-15-2-1-3-19(28)23(15)29/h1-12,30H,13H2,(H,31,36)(H,32,34). The molecule has 9 nitrogen and oxygen atoms in total. The molecule has 0 bridgehead atoms. The summed E-state index contributed by atoms with van der Waals surface area (Å²) in [6.45, 7) is -0.0291. The SMILES string of the molecule is O=C(NS(=O)(=O)c1ccc(Cl)s1)c1ccc(-n2c(=O)[nH]c3cc(NCc4cccc(F)c4F)ccc3c2=O)cc1. The summed E-state index contributed by atoms with van der Waals surface area (Å²) < 4.78 is 55.1. The number of amides is 1. The molecule has 204 valence electrons. The molecule has 0 aliphatic carbocycles. The van der Waals surface area contributed by atoms with Crippen molar-refractivity contribution in [1.29, 1.82) is 0 Å². The number of H-pyrrole nitrogens is 1. The van der Waals surface area contributed by atoms with E-state index in [2.05, 4.69) is 10.3 Å². The summed E-state index contributed by atoms with van der Waals surface area (Å²) in [6, 6.07) is 16.2. The highest BCUT2D eigenvalue weighted by molar-refractivity contribution is 7.92. The lowest BCUT2D eigenvalue weighted by atomic mass is 10.1. The predicted octanol–water partition coefficient (Wildman–Crippen LogP) is 4.40. The second-order valence-electron chi connectivity index (χ2n) is 8.44. The molecule has 14 heteroatoms. The molecule has 0 aliphatic heterocycles. The van der Waals surface area contributed by atoms with Crippen LogP contribution in [0.15, 0.2) is 86.6 Å². The van der Waals surface area contributed by atoms with Gasteiger partial charge < -0.3 is 10.3 Å². The number of carbonyl (C=O) groups excluding carboxylic acids is 1. The van der Waals surface area contributed by atoms with Crippen molar-refractivity contribution in [2.45, 2.75) is 10.8 Å². The van der Waals surface area contributed by atoms with Crippen molar-refractivity contribution in [3.63, 3.8) is 0 Å². The fraction of sp³-hybridized carbons (Fsp3) is 0.0385. The van der Waals surface area contributed by atoms with Crippen LogP contribution >= 0.6 is 22.9 Å². The molecule has 0 radical (unpaired) electrons. The molecule has 0 atom stereocenters. The van der Waals surface area contributed by atoms with Crippen molar-refractivity contribution in [3.8, 4) is 5.69 Å². The number of thiophene rings is 1. The molecule has 5 rings (SSSR count). The van der Waals surface area contributed by atoms with Gasteiger partial charge in [0, 0.05) is 23.4 Å². The van der Waals surface area contributed by atoms with E-state index in [0.29, 0.717) is 5.69 Å². The Balaban J connectivity index is 1.37. The first-order valence-electron chi connectivity index (χ1n) is 11.4. The summed E-state index contributed by atoms with van der Waals surface area (Å²) in [5, 5.41) is 3.10. The molecule has 1 amide bonds. The maximum Gasteiger partial charge on any atom is 0.333 e. The van der Waals surface area contributed by atoms with Crippen LogP contribution in [0.5, 0.6) is 0 Å². The predicted molar refractivity (Wildman–Crippen MR) is 148 cm³/mol. The number of carbonyl (C=O) groups is 1. The molecular weight excluding hydrogens is 586 g/mol. The number of nitrogens with zero attached hydrogens (tertiary/aromatic N) is 1. The van der Waals surface area contributed by atoms with Crippen molar-refractivity contribution in [3.05, 3.63) is 121 Å². The Labute approximate surface area is 233 Å². The van der Waals surface area contributed by atoms with Gasteiger partial charge in [-0.25, -0.2) is 31.3 Å². The van der Waals surface area contributed by atoms with E-state index < -0.39 is 38.8 Å². The van der Waals surface area contributed by atoms with Gasteiger partial charge in [0.1, 0.15) is 4.21 Å². The number of sulfonamides is 1. The Kier molecular flexibility index (Phi) is 7.27. The molecule has 0 saturated heterocycles. The van der Waals surface area contributed by atoms with Crippen LogP contribution in [-0.2, 0) is 16.6 Å². The lowest BCUT2D eigenvalue weighted by molar-refractivity contribution is 0.0981. The zero-order chi connectivity index (χ0) is 28.6. The van der Waals surface area contributed by atoms with E-state index >= 15 is 0 Å². The van der Waals surface area contributed by atoms with E-state index in [4.69, 9.17) is 11.6 Å². The third kappa shape index (κ3) is 5.39. The molecule has 0 saturated carbocycles. The quantitative estimate of drug-likeness (QED) is 0.253. The van der Waals surface area contributed by atoms with E-state index in [-0.39, 0.29) is 42.8 Å². The minimum Gasteiger partial charge on any atom is -0.381 e. The van der Waals surface area contributed by atoms with Crippen LogP contribution in [0.4, 0.5) is 14.5 Å². The summed E-state index contributed by atoms with van der Waals surface area (Å²) >= 11 is 6.56. The molecule has 3 aromatic carbocycles. The summed E-state index contributed by atoms with van der Waals surface area (Å²) in [5.41, 5.74) is -0.511. The fourth-order valence-electron chi connectivity index (χ4n) is 3.88. The first-order chi connectivity index (χ1) is 19.0. The topological polar surface area (TPSA) is 130 Å². The zero-order valence-corrected chi connectivity index (χ0v) is 22.5. The van der Waals surface area contributed by atoms with Crippen molar-refractivity contribution in [2.24, 2.45) is 0 Å². The summed E-state index contributed by atoms with van der Waals surface area (Å²) in [4.78, 5) is 41.1. The number of halogens is 3. The maximum atomic E-state index is 13.9. The van der Waals surface area contributed by atoms with Gasteiger partial charge in [-0.05, 0) is 60.7 Å². The molecule has 3 N–H and O–H groups in total. The minimum absolute atomic E-state index is 0.0225. The monoisotopic (exact) mass is 602 g/mol.